The van der Waals surface area contributed by atoms with Crippen LogP contribution in [0, 0.1) is 0 Å². The van der Waals surface area contributed by atoms with Crippen LogP contribution >= 0.6 is 0 Å². The van der Waals surface area contributed by atoms with Crippen molar-refractivity contribution in [1.29, 1.82) is 0 Å². The average molecular weight is 404 g/mol. The van der Waals surface area contributed by atoms with E-state index < -0.39 is 0 Å². The molecule has 0 aliphatic heterocycles. The zero-order valence-electron chi connectivity index (χ0n) is 16.7. The quantitative estimate of drug-likeness (QED) is 0.329. The minimum absolute atomic E-state index is 0.136. The Morgan fingerprint density at radius 1 is 0.903 bits per heavy atom. The molecule has 1 amide bonds. The largest absolute Gasteiger partial charge is 0.382 e. The number of anilines is 1. The second-order valence-corrected chi connectivity index (χ2v) is 7.38. The zero-order valence-corrected chi connectivity index (χ0v) is 16.7. The Morgan fingerprint density at radius 2 is 1.71 bits per heavy atom. The lowest BCUT2D eigenvalue weighted by Gasteiger charge is -2.10. The molecule has 5 heteroatoms. The Bertz CT molecular complexity index is 1310. The van der Waals surface area contributed by atoms with Gasteiger partial charge in [-0.15, -0.1) is 0 Å². The molecule has 0 atom stereocenters. The van der Waals surface area contributed by atoms with Gasteiger partial charge in [0, 0.05) is 17.4 Å². The zero-order chi connectivity index (χ0) is 21.2. The van der Waals surface area contributed by atoms with Crippen molar-refractivity contribution in [2.75, 3.05) is 5.32 Å². The van der Waals surface area contributed by atoms with E-state index in [4.69, 9.17) is 5.73 Å². The molecule has 3 N–H and O–H groups in total. The Hall–Kier alpha value is -4.25. The molecule has 5 nitrogen and oxygen atoms in total. The van der Waals surface area contributed by atoms with Crippen molar-refractivity contribution in [1.82, 2.24) is 4.98 Å². The number of hydrogen-bond acceptors (Lipinski definition) is 3. The summed E-state index contributed by atoms with van der Waals surface area (Å²) in [5.74, 6) is 0.186. The van der Waals surface area contributed by atoms with E-state index in [1.54, 1.807) is 18.3 Å². The molecule has 31 heavy (non-hydrogen) atoms. The van der Waals surface area contributed by atoms with Crippen LogP contribution in [0.4, 0.5) is 11.4 Å². The second-order valence-electron chi connectivity index (χ2n) is 7.38. The second kappa shape index (κ2) is 7.88. The van der Waals surface area contributed by atoms with Gasteiger partial charge >= 0.3 is 0 Å². The first kappa shape index (κ1) is 18.8. The number of pyridine rings is 1. The molecular formula is C26H20N4O. The molecular weight excluding hydrogens is 384 g/mol. The molecule has 0 spiro atoms. The van der Waals surface area contributed by atoms with Crippen molar-refractivity contribution in [3.8, 4) is 11.1 Å². The van der Waals surface area contributed by atoms with Gasteiger partial charge < -0.3 is 11.1 Å². The number of amidine groups is 1. The van der Waals surface area contributed by atoms with Crippen molar-refractivity contribution < 1.29 is 4.79 Å². The predicted molar refractivity (Wildman–Crippen MR) is 124 cm³/mol. The lowest BCUT2D eigenvalue weighted by molar-refractivity contribution is 0.102. The molecule has 4 aromatic rings. The van der Waals surface area contributed by atoms with Crippen LogP contribution in [0.1, 0.15) is 27.2 Å². The summed E-state index contributed by atoms with van der Waals surface area (Å²) < 4.78 is 0. The average Bonchev–Trinajstić information content (AvgIpc) is 3.18. The van der Waals surface area contributed by atoms with Gasteiger partial charge in [-0.3, -0.25) is 9.78 Å². The third kappa shape index (κ3) is 3.69. The number of hydrogen-bond donors (Lipinski definition) is 2. The van der Waals surface area contributed by atoms with Crippen LogP contribution < -0.4 is 11.1 Å². The number of nitrogens with zero attached hydrogens (tertiary/aromatic N) is 2. The molecule has 0 saturated heterocycles. The summed E-state index contributed by atoms with van der Waals surface area (Å²) in [5, 5.41) is 3.00. The first-order valence-electron chi connectivity index (χ1n) is 10.1. The number of nitrogens with two attached hydrogens (primary N) is 1. The van der Waals surface area contributed by atoms with Gasteiger partial charge in [-0.1, -0.05) is 48.5 Å². The SMILES string of the molecule is NC(=Nc1cccc(NC(=O)c2cccc3c2Cc2ccccc2-3)c1)c1ccccn1. The summed E-state index contributed by atoms with van der Waals surface area (Å²) in [6.45, 7) is 0. The number of benzene rings is 3. The van der Waals surface area contributed by atoms with Crippen LogP contribution in [0.5, 0.6) is 0 Å². The number of carbonyl (C=O) groups excluding carboxylic acids is 1. The first-order valence-corrected chi connectivity index (χ1v) is 10.1. The summed E-state index contributed by atoms with van der Waals surface area (Å²) >= 11 is 0. The highest BCUT2D eigenvalue weighted by molar-refractivity contribution is 6.07. The summed E-state index contributed by atoms with van der Waals surface area (Å²) in [7, 11) is 0. The van der Waals surface area contributed by atoms with Gasteiger partial charge in [-0.25, -0.2) is 4.99 Å². The molecule has 0 bridgehead atoms. The number of carbonyl (C=O) groups is 1. The first-order chi connectivity index (χ1) is 15.2. The fourth-order valence-electron chi connectivity index (χ4n) is 3.93. The van der Waals surface area contributed by atoms with E-state index in [0.717, 1.165) is 17.5 Å². The molecule has 0 radical (unpaired) electrons. The molecule has 3 aromatic carbocycles. The molecule has 0 saturated carbocycles. The maximum absolute atomic E-state index is 13.1. The van der Waals surface area contributed by atoms with E-state index in [9.17, 15) is 4.79 Å². The maximum Gasteiger partial charge on any atom is 0.255 e. The van der Waals surface area contributed by atoms with Gasteiger partial charge in [0.2, 0.25) is 0 Å². The van der Waals surface area contributed by atoms with E-state index in [-0.39, 0.29) is 5.91 Å². The van der Waals surface area contributed by atoms with E-state index >= 15 is 0 Å². The van der Waals surface area contributed by atoms with Crippen LogP contribution in [0.15, 0.2) is 96.1 Å². The van der Waals surface area contributed by atoms with Gasteiger partial charge in [0.1, 0.15) is 11.5 Å². The summed E-state index contributed by atoms with van der Waals surface area (Å²) in [6, 6.07) is 27.0. The van der Waals surface area contributed by atoms with E-state index in [2.05, 4.69) is 33.5 Å². The van der Waals surface area contributed by atoms with Crippen LogP contribution in [-0.4, -0.2) is 16.7 Å². The summed E-state index contributed by atoms with van der Waals surface area (Å²) in [4.78, 5) is 21.7. The molecule has 1 aromatic heterocycles. The summed E-state index contributed by atoms with van der Waals surface area (Å²) in [6.07, 6.45) is 2.44. The standard InChI is InChI=1S/C26H20N4O/c27-25(24-13-3-4-14-28-24)29-18-8-5-9-19(16-18)30-26(31)22-12-6-11-21-20-10-2-1-7-17(20)15-23(21)22/h1-14,16H,15H2,(H2,27,29)(H,30,31). The fraction of sp³-hybridized carbons (Fsp3) is 0.0385. The topological polar surface area (TPSA) is 80.4 Å². The van der Waals surface area contributed by atoms with Crippen molar-refractivity contribution >= 4 is 23.1 Å². The van der Waals surface area contributed by atoms with Crippen molar-refractivity contribution in [3.63, 3.8) is 0 Å². The number of rotatable bonds is 4. The van der Waals surface area contributed by atoms with E-state index in [0.29, 0.717) is 28.5 Å². The molecule has 1 aliphatic carbocycles. The molecule has 150 valence electrons. The number of fused-ring (bicyclic) bond motifs is 3. The highest BCUT2D eigenvalue weighted by Gasteiger charge is 2.23. The number of aliphatic imine (C=N–C) groups is 1. The molecule has 5 rings (SSSR count). The van der Waals surface area contributed by atoms with Gasteiger partial charge in [-0.05, 0) is 65.1 Å². The monoisotopic (exact) mass is 404 g/mol. The van der Waals surface area contributed by atoms with Gasteiger partial charge in [0.15, 0.2) is 0 Å². The van der Waals surface area contributed by atoms with Crippen LogP contribution in [0.2, 0.25) is 0 Å². The molecule has 1 aliphatic rings. The minimum atomic E-state index is -0.136. The number of amides is 1. The number of aromatic nitrogens is 1. The summed E-state index contributed by atoms with van der Waals surface area (Å²) in [5.41, 5.74) is 13.3. The Morgan fingerprint density at radius 3 is 2.58 bits per heavy atom. The molecule has 0 fully saturated rings. The predicted octanol–water partition coefficient (Wildman–Crippen LogP) is 4.94. The molecule has 1 heterocycles. The van der Waals surface area contributed by atoms with E-state index in [1.807, 2.05) is 54.6 Å². The third-order valence-electron chi connectivity index (χ3n) is 5.38. The van der Waals surface area contributed by atoms with E-state index in [1.165, 1.54) is 11.1 Å². The van der Waals surface area contributed by atoms with Gasteiger partial charge in [0.25, 0.3) is 5.91 Å². The Kier molecular flexibility index (Phi) is 4.77. The van der Waals surface area contributed by atoms with Gasteiger partial charge in [-0.2, -0.15) is 0 Å². The lowest BCUT2D eigenvalue weighted by Crippen LogP contribution is -2.15. The van der Waals surface area contributed by atoms with Crippen molar-refractivity contribution in [2.45, 2.75) is 6.42 Å². The maximum atomic E-state index is 13.1. The number of nitrogens with one attached hydrogen (secondary N) is 1. The lowest BCUT2D eigenvalue weighted by atomic mass is 10.0. The smallest absolute Gasteiger partial charge is 0.255 e. The van der Waals surface area contributed by atoms with Crippen molar-refractivity contribution in [3.05, 3.63) is 114 Å². The van der Waals surface area contributed by atoms with Crippen LogP contribution in [-0.2, 0) is 6.42 Å². The normalized spacial score (nSPS) is 12.2. The van der Waals surface area contributed by atoms with Crippen molar-refractivity contribution in [2.24, 2.45) is 10.7 Å². The fourth-order valence-corrected chi connectivity index (χ4v) is 3.93. The Labute approximate surface area is 180 Å². The highest BCUT2D eigenvalue weighted by Crippen LogP contribution is 2.38. The highest BCUT2D eigenvalue weighted by atomic mass is 16.1. The van der Waals surface area contributed by atoms with Crippen LogP contribution in [0.25, 0.3) is 11.1 Å². The molecule has 0 unspecified atom stereocenters. The van der Waals surface area contributed by atoms with Crippen LogP contribution in [0.3, 0.4) is 0 Å². The minimum Gasteiger partial charge on any atom is -0.382 e. The Balaban J connectivity index is 1.40. The van der Waals surface area contributed by atoms with Gasteiger partial charge in [0.05, 0.1) is 5.69 Å². The third-order valence-corrected chi connectivity index (χ3v) is 5.38.